The molecule has 1 fully saturated rings. The SMILES string of the molecule is O=C(CCC(=O)n1ccc2ccccc21)NC1CC1. The van der Waals surface area contributed by atoms with E-state index in [4.69, 9.17) is 0 Å². The quantitative estimate of drug-likeness (QED) is 0.912. The van der Waals surface area contributed by atoms with Crippen molar-refractivity contribution in [1.29, 1.82) is 0 Å². The van der Waals surface area contributed by atoms with Gasteiger partial charge in [0.25, 0.3) is 0 Å². The van der Waals surface area contributed by atoms with Crippen molar-refractivity contribution in [3.63, 3.8) is 0 Å². The Kier molecular flexibility index (Phi) is 3.07. The lowest BCUT2D eigenvalue weighted by Gasteiger charge is -2.05. The smallest absolute Gasteiger partial charge is 0.231 e. The first kappa shape index (κ1) is 12.0. The molecule has 98 valence electrons. The van der Waals surface area contributed by atoms with E-state index in [1.165, 1.54) is 0 Å². The molecule has 1 amide bonds. The van der Waals surface area contributed by atoms with Crippen molar-refractivity contribution in [2.24, 2.45) is 0 Å². The van der Waals surface area contributed by atoms with Gasteiger partial charge in [0.2, 0.25) is 11.8 Å². The minimum atomic E-state index is -0.0350. The van der Waals surface area contributed by atoms with Crippen LogP contribution in [0.3, 0.4) is 0 Å². The summed E-state index contributed by atoms with van der Waals surface area (Å²) in [6, 6.07) is 10.0. The number of aromatic nitrogens is 1. The van der Waals surface area contributed by atoms with Gasteiger partial charge < -0.3 is 5.32 Å². The third-order valence-electron chi connectivity index (χ3n) is 3.38. The molecule has 0 spiro atoms. The molecule has 0 radical (unpaired) electrons. The minimum absolute atomic E-state index is 0.0210. The van der Waals surface area contributed by atoms with Gasteiger partial charge in [-0.25, -0.2) is 0 Å². The van der Waals surface area contributed by atoms with Crippen LogP contribution in [0.15, 0.2) is 36.5 Å². The Morgan fingerprint density at radius 2 is 1.95 bits per heavy atom. The Morgan fingerprint density at radius 1 is 1.16 bits per heavy atom. The fraction of sp³-hybridized carbons (Fsp3) is 0.333. The highest BCUT2D eigenvalue weighted by atomic mass is 16.2. The summed E-state index contributed by atoms with van der Waals surface area (Å²) < 4.78 is 1.62. The van der Waals surface area contributed by atoms with Gasteiger partial charge in [0, 0.05) is 30.5 Å². The number of hydrogen-bond donors (Lipinski definition) is 1. The first-order chi connectivity index (χ1) is 9.24. The summed E-state index contributed by atoms with van der Waals surface area (Å²) in [5, 5.41) is 3.93. The normalized spacial score (nSPS) is 14.5. The van der Waals surface area contributed by atoms with Crippen LogP contribution in [-0.4, -0.2) is 22.4 Å². The van der Waals surface area contributed by atoms with Crippen molar-refractivity contribution in [3.8, 4) is 0 Å². The molecule has 3 rings (SSSR count). The second-order valence-electron chi connectivity index (χ2n) is 4.98. The van der Waals surface area contributed by atoms with E-state index in [0.717, 1.165) is 23.7 Å². The standard InChI is InChI=1S/C15H16N2O2/c18-14(16-12-5-6-12)7-8-15(19)17-10-9-11-3-1-2-4-13(11)17/h1-4,9-10,12H,5-8H2,(H,16,18). The number of amides is 1. The molecule has 19 heavy (non-hydrogen) atoms. The van der Waals surface area contributed by atoms with E-state index in [9.17, 15) is 9.59 Å². The number of benzene rings is 1. The number of carbonyl (C=O) groups excluding carboxylic acids is 2. The molecule has 1 aliphatic rings. The number of nitrogens with zero attached hydrogens (tertiary/aromatic N) is 1. The molecule has 1 aromatic carbocycles. The highest BCUT2D eigenvalue weighted by Gasteiger charge is 2.23. The van der Waals surface area contributed by atoms with Crippen LogP contribution in [0, 0.1) is 0 Å². The average Bonchev–Trinajstić information content (AvgIpc) is 3.12. The Labute approximate surface area is 111 Å². The van der Waals surface area contributed by atoms with Gasteiger partial charge in [-0.3, -0.25) is 14.2 Å². The summed E-state index contributed by atoms with van der Waals surface area (Å²) in [5.74, 6) is -0.0561. The summed E-state index contributed by atoms with van der Waals surface area (Å²) in [4.78, 5) is 23.7. The maximum absolute atomic E-state index is 12.1. The predicted molar refractivity (Wildman–Crippen MR) is 73.0 cm³/mol. The lowest BCUT2D eigenvalue weighted by molar-refractivity contribution is -0.121. The van der Waals surface area contributed by atoms with Crippen molar-refractivity contribution < 1.29 is 9.59 Å². The molecular weight excluding hydrogens is 240 g/mol. The van der Waals surface area contributed by atoms with Crippen LogP contribution in [0.1, 0.15) is 30.5 Å². The maximum atomic E-state index is 12.1. The van der Waals surface area contributed by atoms with Gasteiger partial charge in [-0.1, -0.05) is 18.2 Å². The van der Waals surface area contributed by atoms with E-state index in [2.05, 4.69) is 5.32 Å². The van der Waals surface area contributed by atoms with Gasteiger partial charge in [-0.05, 0) is 25.0 Å². The van der Waals surface area contributed by atoms with Crippen LogP contribution in [-0.2, 0) is 4.79 Å². The van der Waals surface area contributed by atoms with Crippen LogP contribution in [0.4, 0.5) is 0 Å². The van der Waals surface area contributed by atoms with Gasteiger partial charge in [0.05, 0.1) is 5.52 Å². The van der Waals surface area contributed by atoms with Crippen LogP contribution in [0.2, 0.25) is 0 Å². The second kappa shape index (κ2) is 4.88. The molecule has 1 N–H and O–H groups in total. The molecule has 4 heteroatoms. The number of rotatable bonds is 4. The zero-order valence-corrected chi connectivity index (χ0v) is 10.6. The molecule has 0 saturated heterocycles. The molecule has 1 heterocycles. The molecule has 0 aliphatic heterocycles. The van der Waals surface area contributed by atoms with Crippen molar-refractivity contribution in [2.75, 3.05) is 0 Å². The molecular formula is C15H16N2O2. The predicted octanol–water partition coefficient (Wildman–Crippen LogP) is 2.34. The highest BCUT2D eigenvalue weighted by molar-refractivity contribution is 5.93. The summed E-state index contributed by atoms with van der Waals surface area (Å²) in [7, 11) is 0. The van der Waals surface area contributed by atoms with Crippen molar-refractivity contribution in [3.05, 3.63) is 36.5 Å². The lowest BCUT2D eigenvalue weighted by atomic mass is 10.2. The van der Waals surface area contributed by atoms with E-state index >= 15 is 0 Å². The van der Waals surface area contributed by atoms with E-state index in [1.54, 1.807) is 10.8 Å². The Balaban J connectivity index is 1.64. The first-order valence-electron chi connectivity index (χ1n) is 6.63. The average molecular weight is 256 g/mol. The molecule has 1 aliphatic carbocycles. The summed E-state index contributed by atoms with van der Waals surface area (Å²) in [5.41, 5.74) is 0.898. The Hall–Kier alpha value is -2.10. The van der Waals surface area contributed by atoms with Gasteiger partial charge in [0.15, 0.2) is 0 Å². The topological polar surface area (TPSA) is 51.1 Å². The monoisotopic (exact) mass is 256 g/mol. The third-order valence-corrected chi connectivity index (χ3v) is 3.38. The van der Waals surface area contributed by atoms with Crippen molar-refractivity contribution >= 4 is 22.7 Å². The number of nitrogens with one attached hydrogen (secondary N) is 1. The van der Waals surface area contributed by atoms with Crippen molar-refractivity contribution in [1.82, 2.24) is 9.88 Å². The second-order valence-corrected chi connectivity index (χ2v) is 4.98. The van der Waals surface area contributed by atoms with Crippen molar-refractivity contribution in [2.45, 2.75) is 31.7 Å². The van der Waals surface area contributed by atoms with Crippen LogP contribution < -0.4 is 5.32 Å². The number of fused-ring (bicyclic) bond motifs is 1. The van der Waals surface area contributed by atoms with Crippen LogP contribution in [0.25, 0.3) is 10.9 Å². The van der Waals surface area contributed by atoms with Gasteiger partial charge in [-0.2, -0.15) is 0 Å². The van der Waals surface area contributed by atoms with Gasteiger partial charge >= 0.3 is 0 Å². The first-order valence-corrected chi connectivity index (χ1v) is 6.63. The molecule has 4 nitrogen and oxygen atoms in total. The van der Waals surface area contributed by atoms with Gasteiger partial charge in [0.1, 0.15) is 0 Å². The summed E-state index contributed by atoms with van der Waals surface area (Å²) in [6.07, 6.45) is 4.43. The third kappa shape index (κ3) is 2.67. The molecule has 0 atom stereocenters. The van der Waals surface area contributed by atoms with Crippen LogP contribution in [0.5, 0.6) is 0 Å². The van der Waals surface area contributed by atoms with E-state index in [-0.39, 0.29) is 24.7 Å². The molecule has 0 bridgehead atoms. The van der Waals surface area contributed by atoms with Gasteiger partial charge in [-0.15, -0.1) is 0 Å². The van der Waals surface area contributed by atoms with Crippen LogP contribution >= 0.6 is 0 Å². The summed E-state index contributed by atoms with van der Waals surface area (Å²) in [6.45, 7) is 0. The molecule has 0 unspecified atom stereocenters. The minimum Gasteiger partial charge on any atom is -0.353 e. The van der Waals surface area contributed by atoms with E-state index < -0.39 is 0 Å². The number of para-hydroxylation sites is 1. The maximum Gasteiger partial charge on any atom is 0.231 e. The molecule has 1 aromatic heterocycles. The number of hydrogen-bond acceptors (Lipinski definition) is 2. The Morgan fingerprint density at radius 3 is 2.74 bits per heavy atom. The fourth-order valence-corrected chi connectivity index (χ4v) is 2.17. The summed E-state index contributed by atoms with van der Waals surface area (Å²) >= 11 is 0. The highest BCUT2D eigenvalue weighted by Crippen LogP contribution is 2.19. The van der Waals surface area contributed by atoms with E-state index in [0.29, 0.717) is 6.04 Å². The zero-order valence-electron chi connectivity index (χ0n) is 10.6. The largest absolute Gasteiger partial charge is 0.353 e. The molecule has 2 aromatic rings. The zero-order chi connectivity index (χ0) is 13.2. The lowest BCUT2D eigenvalue weighted by Crippen LogP contribution is -2.26. The Bertz CT molecular complexity index is 626. The molecule has 1 saturated carbocycles. The number of carbonyl (C=O) groups is 2. The fourth-order valence-electron chi connectivity index (χ4n) is 2.17. The van der Waals surface area contributed by atoms with E-state index in [1.807, 2.05) is 30.3 Å².